The van der Waals surface area contributed by atoms with Gasteiger partial charge in [-0.15, -0.1) is 0 Å². The van der Waals surface area contributed by atoms with Gasteiger partial charge in [0, 0.05) is 11.8 Å². The zero-order chi connectivity index (χ0) is 13.2. The van der Waals surface area contributed by atoms with Crippen LogP contribution in [0.3, 0.4) is 0 Å². The molecule has 3 rings (SSSR count). The molecule has 0 unspecified atom stereocenters. The van der Waals surface area contributed by atoms with Crippen LogP contribution in [0, 0.1) is 5.82 Å². The fourth-order valence-corrected chi connectivity index (χ4v) is 1.64. The Morgan fingerprint density at radius 1 is 1.26 bits per heavy atom. The monoisotopic (exact) mass is 263 g/mol. The molecule has 8 heteroatoms. The quantitative estimate of drug-likeness (QED) is 0.568. The molecule has 0 fully saturated rings. The first-order valence-electron chi connectivity index (χ1n) is 5.42. The van der Waals surface area contributed by atoms with E-state index in [0.29, 0.717) is 17.2 Å². The van der Waals surface area contributed by atoms with E-state index in [-0.39, 0.29) is 18.6 Å². The Labute approximate surface area is 107 Å². The molecule has 98 valence electrons. The van der Waals surface area contributed by atoms with E-state index in [4.69, 9.17) is 15.3 Å². The average Bonchev–Trinajstić information content (AvgIpc) is 2.89. The number of nitrogens with two attached hydrogens (primary N) is 1. The van der Waals surface area contributed by atoms with Crippen LogP contribution in [-0.4, -0.2) is 16.8 Å². The summed E-state index contributed by atoms with van der Waals surface area (Å²) in [6.07, 6.45) is 1.03. The molecule has 0 spiro atoms. The second kappa shape index (κ2) is 4.58. The Hall–Kier alpha value is -2.61. The van der Waals surface area contributed by atoms with Crippen molar-refractivity contribution >= 4 is 17.5 Å². The number of nitrogens with one attached hydrogen (secondary N) is 2. The molecule has 19 heavy (non-hydrogen) atoms. The summed E-state index contributed by atoms with van der Waals surface area (Å²) in [6, 6.07) is 5.15. The number of fused-ring (bicyclic) bond motifs is 1. The molecule has 1 aromatic carbocycles. The molecule has 0 bridgehead atoms. The van der Waals surface area contributed by atoms with Crippen LogP contribution in [0.15, 0.2) is 24.4 Å². The van der Waals surface area contributed by atoms with E-state index >= 15 is 0 Å². The molecule has 2 aromatic rings. The SMILES string of the molecule is NNc1ncc(F)c(Nc2ccc3c(c2)OCO3)n1. The molecule has 0 aliphatic carbocycles. The normalized spacial score (nSPS) is 12.3. The Bertz CT molecular complexity index is 622. The molecular weight excluding hydrogens is 253 g/mol. The fraction of sp³-hybridized carbons (Fsp3) is 0.0909. The summed E-state index contributed by atoms with van der Waals surface area (Å²) in [5.41, 5.74) is 2.86. The van der Waals surface area contributed by atoms with Gasteiger partial charge in [0.05, 0.1) is 6.20 Å². The number of halogens is 1. The van der Waals surface area contributed by atoms with Gasteiger partial charge >= 0.3 is 0 Å². The number of hydrazine groups is 1. The standard InChI is InChI=1S/C11H10FN5O2/c12-7-4-14-11(17-13)16-10(7)15-6-1-2-8-9(3-6)19-5-18-8/h1-4H,5,13H2,(H2,14,15,16,17). The summed E-state index contributed by atoms with van der Waals surface area (Å²) in [5, 5.41) is 2.82. The van der Waals surface area contributed by atoms with Gasteiger partial charge in [-0.1, -0.05) is 0 Å². The summed E-state index contributed by atoms with van der Waals surface area (Å²) in [5.74, 6) is 5.96. The van der Waals surface area contributed by atoms with Crippen molar-refractivity contribution in [3.05, 3.63) is 30.2 Å². The molecule has 0 amide bonds. The Balaban J connectivity index is 1.88. The Kier molecular flexibility index (Phi) is 2.76. The highest BCUT2D eigenvalue weighted by Gasteiger charge is 2.14. The minimum Gasteiger partial charge on any atom is -0.454 e. The van der Waals surface area contributed by atoms with Crippen LogP contribution in [-0.2, 0) is 0 Å². The van der Waals surface area contributed by atoms with Gasteiger partial charge in [-0.05, 0) is 12.1 Å². The maximum absolute atomic E-state index is 13.6. The highest BCUT2D eigenvalue weighted by molar-refractivity contribution is 5.62. The van der Waals surface area contributed by atoms with Gasteiger partial charge in [0.2, 0.25) is 12.7 Å². The van der Waals surface area contributed by atoms with Crippen LogP contribution in [0.25, 0.3) is 0 Å². The van der Waals surface area contributed by atoms with Gasteiger partial charge in [-0.2, -0.15) is 4.98 Å². The lowest BCUT2D eigenvalue weighted by Crippen LogP contribution is -2.11. The smallest absolute Gasteiger partial charge is 0.239 e. The first kappa shape index (κ1) is 11.5. The van der Waals surface area contributed by atoms with Crippen molar-refractivity contribution in [3.8, 4) is 11.5 Å². The first-order valence-corrected chi connectivity index (χ1v) is 5.42. The van der Waals surface area contributed by atoms with E-state index in [2.05, 4.69) is 20.7 Å². The number of hydrogen-bond donors (Lipinski definition) is 3. The summed E-state index contributed by atoms with van der Waals surface area (Å²) >= 11 is 0. The first-order chi connectivity index (χ1) is 9.26. The molecule has 1 aliphatic rings. The second-order valence-electron chi connectivity index (χ2n) is 3.73. The summed E-state index contributed by atoms with van der Waals surface area (Å²) in [4.78, 5) is 7.52. The Morgan fingerprint density at radius 3 is 2.95 bits per heavy atom. The topological polar surface area (TPSA) is 94.3 Å². The third kappa shape index (κ3) is 2.20. The Morgan fingerprint density at radius 2 is 2.11 bits per heavy atom. The van der Waals surface area contributed by atoms with E-state index in [0.717, 1.165) is 6.20 Å². The van der Waals surface area contributed by atoms with E-state index in [1.807, 2.05) is 0 Å². The zero-order valence-electron chi connectivity index (χ0n) is 9.68. The van der Waals surface area contributed by atoms with Crippen LogP contribution in [0.4, 0.5) is 21.8 Å². The maximum Gasteiger partial charge on any atom is 0.239 e. The van der Waals surface area contributed by atoms with Gasteiger partial charge in [-0.25, -0.2) is 15.2 Å². The third-order valence-corrected chi connectivity index (χ3v) is 2.51. The summed E-state index contributed by atoms with van der Waals surface area (Å²) in [7, 11) is 0. The largest absolute Gasteiger partial charge is 0.454 e. The maximum atomic E-state index is 13.6. The number of aromatic nitrogens is 2. The predicted octanol–water partition coefficient (Wildman–Crippen LogP) is 1.37. The molecule has 1 aliphatic heterocycles. The zero-order valence-corrected chi connectivity index (χ0v) is 9.68. The second-order valence-corrected chi connectivity index (χ2v) is 3.73. The van der Waals surface area contributed by atoms with Gasteiger partial charge in [-0.3, -0.25) is 5.43 Å². The van der Waals surface area contributed by atoms with E-state index in [9.17, 15) is 4.39 Å². The predicted molar refractivity (Wildman–Crippen MR) is 65.6 cm³/mol. The van der Waals surface area contributed by atoms with Crippen molar-refractivity contribution < 1.29 is 13.9 Å². The number of hydrogen-bond acceptors (Lipinski definition) is 7. The molecule has 0 saturated carbocycles. The minimum atomic E-state index is -0.586. The molecular formula is C11H10FN5O2. The van der Waals surface area contributed by atoms with Crippen molar-refractivity contribution in [1.82, 2.24) is 9.97 Å². The lowest BCUT2D eigenvalue weighted by atomic mass is 10.3. The van der Waals surface area contributed by atoms with Gasteiger partial charge in [0.1, 0.15) is 0 Å². The number of ether oxygens (including phenoxy) is 2. The molecule has 0 atom stereocenters. The lowest BCUT2D eigenvalue weighted by molar-refractivity contribution is 0.174. The van der Waals surface area contributed by atoms with Crippen molar-refractivity contribution in [2.24, 2.45) is 5.84 Å². The molecule has 4 N–H and O–H groups in total. The number of nitrogen functional groups attached to an aromatic ring is 1. The number of benzene rings is 1. The van der Waals surface area contributed by atoms with Gasteiger partial charge in [0.25, 0.3) is 0 Å². The van der Waals surface area contributed by atoms with Crippen LogP contribution in [0.5, 0.6) is 11.5 Å². The van der Waals surface area contributed by atoms with Crippen molar-refractivity contribution in [2.75, 3.05) is 17.5 Å². The van der Waals surface area contributed by atoms with E-state index in [1.54, 1.807) is 18.2 Å². The lowest BCUT2D eigenvalue weighted by Gasteiger charge is -2.08. The van der Waals surface area contributed by atoms with E-state index < -0.39 is 5.82 Å². The van der Waals surface area contributed by atoms with Crippen LogP contribution >= 0.6 is 0 Å². The molecule has 7 nitrogen and oxygen atoms in total. The van der Waals surface area contributed by atoms with Crippen LogP contribution in [0.2, 0.25) is 0 Å². The third-order valence-electron chi connectivity index (χ3n) is 2.51. The number of rotatable bonds is 3. The van der Waals surface area contributed by atoms with Crippen molar-refractivity contribution in [1.29, 1.82) is 0 Å². The molecule has 1 aromatic heterocycles. The number of nitrogens with zero attached hydrogens (tertiary/aromatic N) is 2. The van der Waals surface area contributed by atoms with Crippen molar-refractivity contribution in [2.45, 2.75) is 0 Å². The average molecular weight is 263 g/mol. The highest BCUT2D eigenvalue weighted by Crippen LogP contribution is 2.35. The van der Waals surface area contributed by atoms with Crippen LogP contribution in [0.1, 0.15) is 0 Å². The van der Waals surface area contributed by atoms with Crippen molar-refractivity contribution in [3.63, 3.8) is 0 Å². The van der Waals surface area contributed by atoms with Gasteiger partial charge in [0.15, 0.2) is 23.1 Å². The molecule has 2 heterocycles. The van der Waals surface area contributed by atoms with Gasteiger partial charge < -0.3 is 14.8 Å². The molecule has 0 saturated heterocycles. The highest BCUT2D eigenvalue weighted by atomic mass is 19.1. The number of anilines is 3. The fourth-order valence-electron chi connectivity index (χ4n) is 1.64. The molecule has 0 radical (unpaired) electrons. The van der Waals surface area contributed by atoms with Crippen LogP contribution < -0.4 is 26.1 Å². The summed E-state index contributed by atoms with van der Waals surface area (Å²) < 4.78 is 24.0. The minimum absolute atomic E-state index is 0.0156. The summed E-state index contributed by atoms with van der Waals surface area (Å²) in [6.45, 7) is 0.182. The van der Waals surface area contributed by atoms with E-state index in [1.165, 1.54) is 0 Å².